The Morgan fingerprint density at radius 2 is 1.79 bits per heavy atom. The average molecular weight is 451 g/mol. The van der Waals surface area contributed by atoms with Crippen molar-refractivity contribution in [2.45, 2.75) is 45.4 Å². The molecule has 142 valence electrons. The van der Waals surface area contributed by atoms with Crippen molar-refractivity contribution >= 4 is 29.9 Å². The lowest BCUT2D eigenvalue weighted by atomic mass is 9.83. The van der Waals surface area contributed by atoms with Gasteiger partial charge in [0.25, 0.3) is 0 Å². The number of aliphatic imine (C=N–C) groups is 1. The highest BCUT2D eigenvalue weighted by molar-refractivity contribution is 14.0. The van der Waals surface area contributed by atoms with Gasteiger partial charge in [-0.1, -0.05) is 19.8 Å². The molecule has 0 radical (unpaired) electrons. The predicted octanol–water partition coefficient (Wildman–Crippen LogP) is 2.38. The molecule has 6 heteroatoms. The van der Waals surface area contributed by atoms with Gasteiger partial charge in [0.2, 0.25) is 0 Å². The first kappa shape index (κ1) is 22.0. The summed E-state index contributed by atoms with van der Waals surface area (Å²) in [5, 5.41) is 7.07. The zero-order valence-electron chi connectivity index (χ0n) is 15.9. The van der Waals surface area contributed by atoms with Gasteiger partial charge >= 0.3 is 0 Å². The van der Waals surface area contributed by atoms with Crippen molar-refractivity contribution in [2.75, 3.05) is 59.9 Å². The van der Waals surface area contributed by atoms with Gasteiger partial charge in [-0.25, -0.2) is 0 Å². The van der Waals surface area contributed by atoms with Crippen molar-refractivity contribution in [1.82, 2.24) is 20.4 Å². The third-order valence-electron chi connectivity index (χ3n) is 5.80. The molecule has 5 nitrogen and oxygen atoms in total. The second-order valence-corrected chi connectivity index (χ2v) is 7.41. The van der Waals surface area contributed by atoms with Crippen molar-refractivity contribution in [1.29, 1.82) is 0 Å². The minimum absolute atomic E-state index is 0. The summed E-state index contributed by atoms with van der Waals surface area (Å²) < 4.78 is 0. The maximum atomic E-state index is 4.40. The molecule has 0 atom stereocenters. The van der Waals surface area contributed by atoms with Crippen molar-refractivity contribution < 1.29 is 0 Å². The van der Waals surface area contributed by atoms with E-state index in [-0.39, 0.29) is 24.0 Å². The second-order valence-electron chi connectivity index (χ2n) is 7.41. The number of nitrogens with zero attached hydrogens (tertiary/aromatic N) is 3. The fraction of sp³-hybridized carbons (Fsp3) is 0.944. The number of guanidine groups is 1. The SMILES string of the molecule is CCC1(CNC(=NC)NCCN2CCCN(C)CC2)CCCC1.I. The molecule has 0 bridgehead atoms. The summed E-state index contributed by atoms with van der Waals surface area (Å²) in [5.41, 5.74) is 0.507. The minimum atomic E-state index is 0. The van der Waals surface area contributed by atoms with Crippen LogP contribution in [-0.4, -0.2) is 75.7 Å². The van der Waals surface area contributed by atoms with E-state index in [1.165, 1.54) is 64.7 Å². The van der Waals surface area contributed by atoms with Gasteiger partial charge in [0.1, 0.15) is 0 Å². The molecule has 2 aliphatic rings. The average Bonchev–Trinajstić information content (AvgIpc) is 2.95. The Hall–Kier alpha value is -0.0800. The number of likely N-dealkylation sites (N-methyl/N-ethyl adjacent to an activating group) is 1. The molecule has 0 spiro atoms. The number of halogens is 1. The zero-order valence-corrected chi connectivity index (χ0v) is 18.3. The first-order valence-electron chi connectivity index (χ1n) is 9.53. The van der Waals surface area contributed by atoms with Crippen LogP contribution < -0.4 is 10.6 Å². The normalized spacial score (nSPS) is 22.7. The maximum absolute atomic E-state index is 4.40. The van der Waals surface area contributed by atoms with Crippen LogP contribution in [0.2, 0.25) is 0 Å². The predicted molar refractivity (Wildman–Crippen MR) is 115 cm³/mol. The first-order chi connectivity index (χ1) is 11.2. The van der Waals surface area contributed by atoms with Gasteiger partial charge < -0.3 is 20.4 Å². The quantitative estimate of drug-likeness (QED) is 0.370. The third-order valence-corrected chi connectivity index (χ3v) is 5.80. The molecule has 24 heavy (non-hydrogen) atoms. The maximum Gasteiger partial charge on any atom is 0.191 e. The zero-order chi connectivity index (χ0) is 16.5. The van der Waals surface area contributed by atoms with Crippen LogP contribution in [0.15, 0.2) is 4.99 Å². The second kappa shape index (κ2) is 11.5. The lowest BCUT2D eigenvalue weighted by Gasteiger charge is -2.29. The molecule has 1 saturated carbocycles. The highest BCUT2D eigenvalue weighted by Crippen LogP contribution is 2.40. The minimum Gasteiger partial charge on any atom is -0.356 e. The smallest absolute Gasteiger partial charge is 0.191 e. The number of hydrogen-bond acceptors (Lipinski definition) is 3. The van der Waals surface area contributed by atoms with Gasteiger partial charge in [0.05, 0.1) is 0 Å². The molecule has 1 aliphatic carbocycles. The third kappa shape index (κ3) is 7.04. The lowest BCUT2D eigenvalue weighted by molar-refractivity contribution is 0.276. The number of nitrogens with one attached hydrogen (secondary N) is 2. The highest BCUT2D eigenvalue weighted by atomic mass is 127. The molecular weight excluding hydrogens is 413 g/mol. The van der Waals surface area contributed by atoms with Crippen LogP contribution in [-0.2, 0) is 0 Å². The molecule has 2 rings (SSSR count). The van der Waals surface area contributed by atoms with Crippen LogP contribution in [0.1, 0.15) is 45.4 Å². The standard InChI is InChI=1S/C18H37N5.HI/c1-4-18(8-5-6-9-18)16-21-17(19-2)20-10-13-23-12-7-11-22(3)14-15-23;/h4-16H2,1-3H3,(H2,19,20,21);1H. The Bertz CT molecular complexity index is 368. The lowest BCUT2D eigenvalue weighted by Crippen LogP contribution is -2.45. The van der Waals surface area contributed by atoms with Gasteiger partial charge in [-0.05, 0) is 51.2 Å². The molecule has 0 aromatic carbocycles. The molecule has 0 amide bonds. The molecule has 2 N–H and O–H groups in total. The fourth-order valence-electron chi connectivity index (χ4n) is 3.93. The van der Waals surface area contributed by atoms with Crippen LogP contribution in [0.5, 0.6) is 0 Å². The molecular formula is C18H38IN5. The van der Waals surface area contributed by atoms with E-state index >= 15 is 0 Å². The van der Waals surface area contributed by atoms with E-state index in [1.54, 1.807) is 0 Å². The van der Waals surface area contributed by atoms with Crippen LogP contribution in [0, 0.1) is 5.41 Å². The van der Waals surface area contributed by atoms with Crippen LogP contribution in [0.25, 0.3) is 0 Å². The monoisotopic (exact) mass is 451 g/mol. The Labute approximate surface area is 166 Å². The molecule has 2 fully saturated rings. The number of hydrogen-bond donors (Lipinski definition) is 2. The Balaban J connectivity index is 0.00000288. The van der Waals surface area contributed by atoms with Gasteiger partial charge in [0.15, 0.2) is 5.96 Å². The number of rotatable bonds is 6. The van der Waals surface area contributed by atoms with Crippen LogP contribution >= 0.6 is 24.0 Å². The van der Waals surface area contributed by atoms with Crippen LogP contribution in [0.4, 0.5) is 0 Å². The van der Waals surface area contributed by atoms with Gasteiger partial charge in [-0.15, -0.1) is 24.0 Å². The molecule has 1 saturated heterocycles. The van der Waals surface area contributed by atoms with E-state index in [4.69, 9.17) is 0 Å². The van der Waals surface area contributed by atoms with Gasteiger partial charge in [0, 0.05) is 39.8 Å². The van der Waals surface area contributed by atoms with Gasteiger partial charge in [-0.2, -0.15) is 0 Å². The summed E-state index contributed by atoms with van der Waals surface area (Å²) in [6.45, 7) is 10.3. The molecule has 0 aromatic heterocycles. The van der Waals surface area contributed by atoms with Gasteiger partial charge in [-0.3, -0.25) is 4.99 Å². The van der Waals surface area contributed by atoms with E-state index in [0.717, 1.165) is 25.6 Å². The molecule has 1 aliphatic heterocycles. The van der Waals surface area contributed by atoms with Crippen molar-refractivity contribution in [2.24, 2.45) is 10.4 Å². The van der Waals surface area contributed by atoms with Crippen LogP contribution in [0.3, 0.4) is 0 Å². The summed E-state index contributed by atoms with van der Waals surface area (Å²) in [4.78, 5) is 9.39. The largest absolute Gasteiger partial charge is 0.356 e. The molecule has 0 unspecified atom stereocenters. The summed E-state index contributed by atoms with van der Waals surface area (Å²) in [6.07, 6.45) is 8.08. The highest BCUT2D eigenvalue weighted by Gasteiger charge is 2.31. The molecule has 0 aromatic rings. The molecule has 1 heterocycles. The van der Waals surface area contributed by atoms with E-state index in [0.29, 0.717) is 5.41 Å². The van der Waals surface area contributed by atoms with E-state index in [1.807, 2.05) is 7.05 Å². The Morgan fingerprint density at radius 1 is 1.04 bits per heavy atom. The van der Waals surface area contributed by atoms with E-state index in [9.17, 15) is 0 Å². The summed E-state index contributed by atoms with van der Waals surface area (Å²) in [7, 11) is 4.10. The van der Waals surface area contributed by atoms with Crippen molar-refractivity contribution in [3.8, 4) is 0 Å². The van der Waals surface area contributed by atoms with E-state index in [2.05, 4.69) is 39.4 Å². The Morgan fingerprint density at radius 3 is 2.46 bits per heavy atom. The first-order valence-corrected chi connectivity index (χ1v) is 9.53. The van der Waals surface area contributed by atoms with Crippen molar-refractivity contribution in [3.63, 3.8) is 0 Å². The topological polar surface area (TPSA) is 42.9 Å². The van der Waals surface area contributed by atoms with E-state index < -0.39 is 0 Å². The fourth-order valence-corrected chi connectivity index (χ4v) is 3.93. The summed E-state index contributed by atoms with van der Waals surface area (Å²) in [6, 6.07) is 0. The summed E-state index contributed by atoms with van der Waals surface area (Å²) in [5.74, 6) is 0.969. The Kier molecular flexibility index (Phi) is 10.5. The van der Waals surface area contributed by atoms with Crippen molar-refractivity contribution in [3.05, 3.63) is 0 Å². The summed E-state index contributed by atoms with van der Waals surface area (Å²) >= 11 is 0.